The first-order valence-corrected chi connectivity index (χ1v) is 6.39. The molecule has 0 aliphatic heterocycles. The highest BCUT2D eigenvalue weighted by Gasteiger charge is 2.09. The molecule has 0 bridgehead atoms. The van der Waals surface area contributed by atoms with E-state index in [1.165, 1.54) is 0 Å². The van der Waals surface area contributed by atoms with Crippen LogP contribution in [0.15, 0.2) is 30.3 Å². The van der Waals surface area contributed by atoms with E-state index in [2.05, 4.69) is 0 Å². The summed E-state index contributed by atoms with van der Waals surface area (Å²) in [7, 11) is 0. The van der Waals surface area contributed by atoms with Crippen LogP contribution in [0.3, 0.4) is 0 Å². The van der Waals surface area contributed by atoms with Crippen molar-refractivity contribution in [1.29, 1.82) is 0 Å². The molecule has 0 radical (unpaired) electrons. The molecule has 0 saturated heterocycles. The predicted molar refractivity (Wildman–Crippen MR) is 73.7 cm³/mol. The lowest BCUT2D eigenvalue weighted by Crippen LogP contribution is -2.25. The van der Waals surface area contributed by atoms with Crippen LogP contribution in [-0.4, -0.2) is 26.1 Å². The van der Waals surface area contributed by atoms with Crippen molar-refractivity contribution in [2.24, 2.45) is 0 Å². The molecule has 0 spiro atoms. The number of allylic oxidation sites excluding steroid dienone is 1. The summed E-state index contributed by atoms with van der Waals surface area (Å²) in [5.41, 5.74) is 1.06. The Balaban J connectivity index is 2.60. The van der Waals surface area contributed by atoms with Crippen LogP contribution in [0.2, 0.25) is 0 Å². The number of benzene rings is 1. The van der Waals surface area contributed by atoms with Crippen molar-refractivity contribution in [2.45, 2.75) is 27.1 Å². The van der Waals surface area contributed by atoms with Gasteiger partial charge in [-0.1, -0.05) is 30.4 Å². The van der Waals surface area contributed by atoms with Gasteiger partial charge >= 0.3 is 0 Å². The van der Waals surface area contributed by atoms with Crippen molar-refractivity contribution < 1.29 is 14.2 Å². The van der Waals surface area contributed by atoms with Crippen LogP contribution >= 0.6 is 0 Å². The molecule has 0 heterocycles. The Labute approximate surface area is 109 Å². The Morgan fingerprint density at radius 1 is 1.11 bits per heavy atom. The first-order valence-electron chi connectivity index (χ1n) is 6.39. The van der Waals surface area contributed by atoms with Crippen molar-refractivity contribution in [1.82, 2.24) is 0 Å². The summed E-state index contributed by atoms with van der Waals surface area (Å²) in [5.74, 6) is 0.847. The fourth-order valence-electron chi connectivity index (χ4n) is 1.60. The van der Waals surface area contributed by atoms with E-state index in [-0.39, 0.29) is 6.29 Å². The van der Waals surface area contributed by atoms with Crippen LogP contribution in [0.1, 0.15) is 26.3 Å². The van der Waals surface area contributed by atoms with Crippen LogP contribution in [0, 0.1) is 0 Å². The summed E-state index contributed by atoms with van der Waals surface area (Å²) >= 11 is 0. The molecule has 3 nitrogen and oxygen atoms in total. The van der Waals surface area contributed by atoms with Gasteiger partial charge in [-0.25, -0.2) is 0 Å². The summed E-state index contributed by atoms with van der Waals surface area (Å²) in [6.45, 7) is 7.50. The molecule has 18 heavy (non-hydrogen) atoms. The fourth-order valence-corrected chi connectivity index (χ4v) is 1.60. The second-order valence-corrected chi connectivity index (χ2v) is 3.69. The van der Waals surface area contributed by atoms with Crippen LogP contribution in [0.5, 0.6) is 5.75 Å². The lowest BCUT2D eigenvalue weighted by atomic mass is 10.2. The highest BCUT2D eigenvalue weighted by atomic mass is 16.7. The van der Waals surface area contributed by atoms with Crippen LogP contribution in [0.25, 0.3) is 6.08 Å². The van der Waals surface area contributed by atoms with E-state index in [4.69, 9.17) is 14.2 Å². The molecule has 1 rings (SSSR count). The zero-order chi connectivity index (χ0) is 13.2. The van der Waals surface area contributed by atoms with Gasteiger partial charge in [-0.2, -0.15) is 0 Å². The molecule has 0 unspecified atom stereocenters. The van der Waals surface area contributed by atoms with Crippen molar-refractivity contribution in [3.63, 3.8) is 0 Å². The third kappa shape index (κ3) is 4.90. The van der Waals surface area contributed by atoms with E-state index in [0.29, 0.717) is 19.8 Å². The van der Waals surface area contributed by atoms with E-state index >= 15 is 0 Å². The minimum atomic E-state index is -0.307. The number of rotatable bonds is 8. The first kappa shape index (κ1) is 14.7. The van der Waals surface area contributed by atoms with Gasteiger partial charge in [0.25, 0.3) is 0 Å². The molecule has 0 atom stereocenters. The van der Waals surface area contributed by atoms with Crippen LogP contribution in [0.4, 0.5) is 0 Å². The van der Waals surface area contributed by atoms with Gasteiger partial charge in [-0.15, -0.1) is 0 Å². The van der Waals surface area contributed by atoms with E-state index in [1.807, 2.05) is 57.2 Å². The highest BCUT2D eigenvalue weighted by Crippen LogP contribution is 2.19. The van der Waals surface area contributed by atoms with E-state index < -0.39 is 0 Å². The molecule has 0 fully saturated rings. The fraction of sp³-hybridized carbons (Fsp3) is 0.467. The molecular formula is C15H22O3. The van der Waals surface area contributed by atoms with Crippen molar-refractivity contribution in [3.05, 3.63) is 35.9 Å². The molecule has 0 aliphatic carbocycles. The van der Waals surface area contributed by atoms with Crippen molar-refractivity contribution in [3.8, 4) is 5.75 Å². The zero-order valence-electron chi connectivity index (χ0n) is 11.4. The van der Waals surface area contributed by atoms with Crippen LogP contribution < -0.4 is 4.74 Å². The predicted octanol–water partition coefficient (Wildman–Crippen LogP) is 3.50. The Bertz CT molecular complexity index is 355. The van der Waals surface area contributed by atoms with Gasteiger partial charge in [0.1, 0.15) is 12.4 Å². The van der Waals surface area contributed by atoms with Gasteiger partial charge in [0.15, 0.2) is 6.29 Å². The Hall–Kier alpha value is -1.32. The topological polar surface area (TPSA) is 27.7 Å². The van der Waals surface area contributed by atoms with Crippen molar-refractivity contribution >= 4 is 6.08 Å². The minimum Gasteiger partial charge on any atom is -0.488 e. The van der Waals surface area contributed by atoms with Gasteiger partial charge in [0.2, 0.25) is 0 Å². The summed E-state index contributed by atoms with van der Waals surface area (Å²) in [4.78, 5) is 0. The average molecular weight is 250 g/mol. The van der Waals surface area contributed by atoms with Gasteiger partial charge in [0.05, 0.1) is 0 Å². The van der Waals surface area contributed by atoms with E-state index in [9.17, 15) is 0 Å². The molecule has 100 valence electrons. The molecule has 0 aliphatic rings. The third-order valence-corrected chi connectivity index (χ3v) is 2.35. The molecule has 0 N–H and O–H groups in total. The third-order valence-electron chi connectivity index (χ3n) is 2.35. The van der Waals surface area contributed by atoms with Crippen molar-refractivity contribution in [2.75, 3.05) is 19.8 Å². The highest BCUT2D eigenvalue weighted by molar-refractivity contribution is 5.56. The van der Waals surface area contributed by atoms with E-state index in [0.717, 1.165) is 11.3 Å². The number of para-hydroxylation sites is 1. The number of hydrogen-bond donors (Lipinski definition) is 0. The summed E-state index contributed by atoms with van der Waals surface area (Å²) in [6, 6.07) is 7.92. The second kappa shape index (κ2) is 8.72. The summed E-state index contributed by atoms with van der Waals surface area (Å²) in [6.07, 6.45) is 3.70. The molecule has 0 amide bonds. The van der Waals surface area contributed by atoms with Gasteiger partial charge in [-0.3, -0.25) is 0 Å². The zero-order valence-corrected chi connectivity index (χ0v) is 11.4. The van der Waals surface area contributed by atoms with Crippen LogP contribution in [-0.2, 0) is 9.47 Å². The summed E-state index contributed by atoms with van der Waals surface area (Å²) < 4.78 is 16.6. The van der Waals surface area contributed by atoms with Gasteiger partial charge in [0, 0.05) is 18.8 Å². The maximum Gasteiger partial charge on any atom is 0.191 e. The molecule has 0 aromatic heterocycles. The SMILES string of the molecule is CC=Cc1ccccc1OCC(OCC)OCC. The van der Waals surface area contributed by atoms with Gasteiger partial charge in [-0.05, 0) is 26.8 Å². The number of hydrogen-bond acceptors (Lipinski definition) is 3. The Morgan fingerprint density at radius 3 is 2.39 bits per heavy atom. The second-order valence-electron chi connectivity index (χ2n) is 3.69. The molecular weight excluding hydrogens is 228 g/mol. The lowest BCUT2D eigenvalue weighted by Gasteiger charge is -2.18. The standard InChI is InChI=1S/C15H22O3/c1-4-9-13-10-7-8-11-14(13)18-12-15(16-5-2)17-6-3/h4,7-11,15H,5-6,12H2,1-3H3. The first-order chi connectivity index (χ1) is 8.81. The summed E-state index contributed by atoms with van der Waals surface area (Å²) in [5, 5.41) is 0. The maximum absolute atomic E-state index is 5.76. The monoisotopic (exact) mass is 250 g/mol. The minimum absolute atomic E-state index is 0.307. The quantitative estimate of drug-likeness (QED) is 0.661. The molecule has 1 aromatic carbocycles. The largest absolute Gasteiger partial charge is 0.488 e. The number of ether oxygens (including phenoxy) is 3. The van der Waals surface area contributed by atoms with Gasteiger partial charge < -0.3 is 14.2 Å². The Morgan fingerprint density at radius 2 is 1.78 bits per heavy atom. The Kier molecular flexibility index (Phi) is 7.14. The molecule has 3 heteroatoms. The lowest BCUT2D eigenvalue weighted by molar-refractivity contribution is -0.152. The smallest absolute Gasteiger partial charge is 0.191 e. The molecule has 0 saturated carbocycles. The maximum atomic E-state index is 5.76. The molecule has 1 aromatic rings. The van der Waals surface area contributed by atoms with E-state index in [1.54, 1.807) is 0 Å². The normalized spacial score (nSPS) is 11.3. The average Bonchev–Trinajstić information content (AvgIpc) is 2.38.